The van der Waals surface area contributed by atoms with Gasteiger partial charge in [0.2, 0.25) is 5.91 Å². The summed E-state index contributed by atoms with van der Waals surface area (Å²) in [6.45, 7) is 9.89. The highest BCUT2D eigenvalue weighted by Gasteiger charge is 2.45. The van der Waals surface area contributed by atoms with Gasteiger partial charge in [-0.3, -0.25) is 4.79 Å². The molecule has 0 aliphatic carbocycles. The number of piperidine rings is 1. The van der Waals surface area contributed by atoms with Crippen LogP contribution in [-0.4, -0.2) is 94.5 Å². The zero-order valence-electron chi connectivity index (χ0n) is 30.7. The Hall–Kier alpha value is -4.12. The number of amides is 2. The van der Waals surface area contributed by atoms with Gasteiger partial charge in [0.15, 0.2) is 0 Å². The summed E-state index contributed by atoms with van der Waals surface area (Å²) in [5.74, 6) is 0.233. The van der Waals surface area contributed by atoms with E-state index in [-0.39, 0.29) is 31.7 Å². The van der Waals surface area contributed by atoms with Crippen molar-refractivity contribution in [1.82, 2.24) is 9.80 Å². The standard InChI is InChI=1S/C40H54N2O8/c1-8-41(25-29-21-33(47-7)24-34(22-29)48-20-13-12-19-45-5)38(43)35-26-42(39(44)50-40(2,3)4)27-36(49-28-46-6)37(35)32-18-14-17-31(23-32)30-15-10-9-11-16-30/h9-11,14-18,21-24,35-37H,8,12-13,19-20,25-28H2,1-7H3/t35-,36+,37+/m0/s1. The second-order valence-electron chi connectivity index (χ2n) is 13.5. The molecule has 3 aromatic rings. The van der Waals surface area contributed by atoms with Crippen molar-refractivity contribution in [3.05, 3.63) is 83.9 Å². The molecular weight excluding hydrogens is 636 g/mol. The number of nitrogens with zero attached hydrogens (tertiary/aromatic N) is 2. The fraction of sp³-hybridized carbons (Fsp3) is 0.500. The highest BCUT2D eigenvalue weighted by molar-refractivity contribution is 5.82. The lowest BCUT2D eigenvalue weighted by atomic mass is 9.77. The zero-order valence-corrected chi connectivity index (χ0v) is 30.7. The molecule has 3 aromatic carbocycles. The van der Waals surface area contributed by atoms with Crippen LogP contribution in [0.15, 0.2) is 72.8 Å². The lowest BCUT2D eigenvalue weighted by molar-refractivity contribution is -0.147. The minimum atomic E-state index is -0.703. The number of hydrogen-bond donors (Lipinski definition) is 0. The quantitative estimate of drug-likeness (QED) is 0.116. The maximum absolute atomic E-state index is 14.8. The monoisotopic (exact) mass is 690 g/mol. The first-order valence-corrected chi connectivity index (χ1v) is 17.4. The third-order valence-electron chi connectivity index (χ3n) is 8.65. The minimum absolute atomic E-state index is 0.0121. The fourth-order valence-electron chi connectivity index (χ4n) is 6.30. The Balaban J connectivity index is 1.70. The lowest BCUT2D eigenvalue weighted by Gasteiger charge is -2.44. The van der Waals surface area contributed by atoms with Gasteiger partial charge >= 0.3 is 6.09 Å². The Bertz CT molecular complexity index is 1510. The van der Waals surface area contributed by atoms with Crippen LogP contribution in [0.3, 0.4) is 0 Å². The molecule has 2 amide bonds. The number of likely N-dealkylation sites (tertiary alicyclic amines) is 1. The minimum Gasteiger partial charge on any atom is -0.497 e. The molecule has 0 saturated carbocycles. The van der Waals surface area contributed by atoms with E-state index in [1.54, 1.807) is 26.2 Å². The van der Waals surface area contributed by atoms with Crippen molar-refractivity contribution in [2.75, 3.05) is 61.0 Å². The van der Waals surface area contributed by atoms with Gasteiger partial charge in [-0.2, -0.15) is 0 Å². The summed E-state index contributed by atoms with van der Waals surface area (Å²) in [4.78, 5) is 31.8. The van der Waals surface area contributed by atoms with E-state index in [0.29, 0.717) is 37.8 Å². The average molecular weight is 691 g/mol. The van der Waals surface area contributed by atoms with Gasteiger partial charge in [-0.05, 0) is 74.9 Å². The SMILES string of the molecule is CCN(Cc1cc(OC)cc(OCCCCOC)c1)C(=O)[C@H]1CN(C(=O)OC(C)(C)C)C[C@@H](OCOC)[C@@H]1c1cccc(-c2ccccc2)c1. The number of benzene rings is 3. The molecule has 3 atom stereocenters. The Labute approximate surface area is 297 Å². The Kier molecular flexibility index (Phi) is 14.5. The van der Waals surface area contributed by atoms with Gasteiger partial charge in [0.1, 0.15) is 23.9 Å². The topological polar surface area (TPSA) is 96.0 Å². The highest BCUT2D eigenvalue weighted by Crippen LogP contribution is 2.39. The molecule has 0 bridgehead atoms. The average Bonchev–Trinajstić information content (AvgIpc) is 3.11. The van der Waals surface area contributed by atoms with Crippen molar-refractivity contribution in [2.24, 2.45) is 5.92 Å². The molecule has 50 heavy (non-hydrogen) atoms. The van der Waals surface area contributed by atoms with Crippen molar-refractivity contribution in [3.63, 3.8) is 0 Å². The van der Waals surface area contributed by atoms with Crippen LogP contribution in [0.5, 0.6) is 11.5 Å². The van der Waals surface area contributed by atoms with Gasteiger partial charge in [0.25, 0.3) is 0 Å². The van der Waals surface area contributed by atoms with Crippen molar-refractivity contribution in [2.45, 2.75) is 64.7 Å². The molecule has 272 valence electrons. The summed E-state index contributed by atoms with van der Waals surface area (Å²) in [5.41, 5.74) is 3.24. The number of hydrogen-bond acceptors (Lipinski definition) is 8. The van der Waals surface area contributed by atoms with E-state index in [9.17, 15) is 9.59 Å². The number of carbonyl (C=O) groups excluding carboxylic acids is 2. The second-order valence-corrected chi connectivity index (χ2v) is 13.5. The highest BCUT2D eigenvalue weighted by atomic mass is 16.7. The summed E-state index contributed by atoms with van der Waals surface area (Å²) in [6.07, 6.45) is 0.734. The molecule has 0 radical (unpaired) electrons. The molecule has 10 nitrogen and oxygen atoms in total. The first kappa shape index (κ1) is 38.7. The number of unbranched alkanes of at least 4 members (excludes halogenated alkanes) is 1. The van der Waals surface area contributed by atoms with Crippen LogP contribution in [0.2, 0.25) is 0 Å². The van der Waals surface area contributed by atoms with Gasteiger partial charge < -0.3 is 38.2 Å². The van der Waals surface area contributed by atoms with Crippen LogP contribution in [0.25, 0.3) is 11.1 Å². The van der Waals surface area contributed by atoms with Crippen LogP contribution in [0.1, 0.15) is 57.6 Å². The van der Waals surface area contributed by atoms with Gasteiger partial charge in [-0.15, -0.1) is 0 Å². The van der Waals surface area contributed by atoms with E-state index in [2.05, 4.69) is 24.3 Å². The van der Waals surface area contributed by atoms with Gasteiger partial charge in [-0.25, -0.2) is 4.79 Å². The number of rotatable bonds is 16. The largest absolute Gasteiger partial charge is 0.497 e. The molecule has 0 N–H and O–H groups in total. The van der Waals surface area contributed by atoms with Crippen molar-refractivity contribution in [1.29, 1.82) is 0 Å². The predicted octanol–water partition coefficient (Wildman–Crippen LogP) is 7.16. The lowest BCUT2D eigenvalue weighted by Crippen LogP contribution is -2.56. The van der Waals surface area contributed by atoms with Gasteiger partial charge in [0.05, 0.1) is 32.3 Å². The summed E-state index contributed by atoms with van der Waals surface area (Å²) >= 11 is 0. The molecule has 0 aromatic heterocycles. The molecule has 1 aliphatic rings. The van der Waals surface area contributed by atoms with Gasteiger partial charge in [0, 0.05) is 52.4 Å². The van der Waals surface area contributed by atoms with E-state index >= 15 is 0 Å². The predicted molar refractivity (Wildman–Crippen MR) is 193 cm³/mol. The van der Waals surface area contributed by atoms with Crippen LogP contribution in [0.4, 0.5) is 4.79 Å². The van der Waals surface area contributed by atoms with Crippen LogP contribution >= 0.6 is 0 Å². The van der Waals surface area contributed by atoms with E-state index in [1.807, 2.05) is 81.1 Å². The Morgan fingerprint density at radius 2 is 1.56 bits per heavy atom. The van der Waals surface area contributed by atoms with Crippen molar-refractivity contribution >= 4 is 12.0 Å². The molecule has 1 heterocycles. The van der Waals surface area contributed by atoms with Gasteiger partial charge in [-0.1, -0.05) is 54.6 Å². The number of methoxy groups -OCH3 is 3. The van der Waals surface area contributed by atoms with Crippen molar-refractivity contribution in [3.8, 4) is 22.6 Å². The molecule has 0 unspecified atom stereocenters. The molecule has 1 aliphatic heterocycles. The van der Waals surface area contributed by atoms with Crippen molar-refractivity contribution < 1.29 is 38.0 Å². The first-order valence-electron chi connectivity index (χ1n) is 17.4. The first-order chi connectivity index (χ1) is 24.1. The Morgan fingerprint density at radius 1 is 0.840 bits per heavy atom. The normalized spacial score (nSPS) is 17.7. The molecule has 10 heteroatoms. The third kappa shape index (κ3) is 10.9. The maximum atomic E-state index is 14.8. The van der Waals surface area contributed by atoms with Crippen LogP contribution < -0.4 is 9.47 Å². The van der Waals surface area contributed by atoms with E-state index in [4.69, 9.17) is 28.4 Å². The fourth-order valence-corrected chi connectivity index (χ4v) is 6.30. The zero-order chi connectivity index (χ0) is 36.1. The van der Waals surface area contributed by atoms with E-state index < -0.39 is 23.7 Å². The summed E-state index contributed by atoms with van der Waals surface area (Å²) in [5, 5.41) is 0. The van der Waals surface area contributed by atoms with Crippen LogP contribution in [0, 0.1) is 5.92 Å². The second kappa shape index (κ2) is 18.8. The third-order valence-corrected chi connectivity index (χ3v) is 8.65. The smallest absolute Gasteiger partial charge is 0.410 e. The number of carbonyl (C=O) groups is 2. The van der Waals surface area contributed by atoms with E-state index in [1.165, 1.54) is 0 Å². The summed E-state index contributed by atoms with van der Waals surface area (Å²) in [7, 11) is 4.87. The summed E-state index contributed by atoms with van der Waals surface area (Å²) in [6, 6.07) is 24.1. The summed E-state index contributed by atoms with van der Waals surface area (Å²) < 4.78 is 34.2. The van der Waals surface area contributed by atoms with E-state index in [0.717, 1.165) is 35.1 Å². The molecule has 4 rings (SSSR count). The Morgan fingerprint density at radius 3 is 2.24 bits per heavy atom. The molecule has 1 saturated heterocycles. The molecular formula is C40H54N2O8. The molecule has 1 fully saturated rings. The van der Waals surface area contributed by atoms with Crippen LogP contribution in [-0.2, 0) is 30.3 Å². The number of ether oxygens (including phenoxy) is 6. The molecule has 0 spiro atoms. The maximum Gasteiger partial charge on any atom is 0.410 e.